The van der Waals surface area contributed by atoms with Crippen molar-refractivity contribution in [3.63, 3.8) is 0 Å². The van der Waals surface area contributed by atoms with Crippen LogP contribution in [0, 0.1) is 13.8 Å². The van der Waals surface area contributed by atoms with Crippen LogP contribution in [-0.4, -0.2) is 21.6 Å². The summed E-state index contributed by atoms with van der Waals surface area (Å²) in [5.41, 5.74) is 1.38. The van der Waals surface area contributed by atoms with Gasteiger partial charge in [0, 0.05) is 16.4 Å². The summed E-state index contributed by atoms with van der Waals surface area (Å²) in [6, 6.07) is 3.03. The summed E-state index contributed by atoms with van der Waals surface area (Å²) in [5.74, 6) is 0. The van der Waals surface area contributed by atoms with Crippen LogP contribution in [0.3, 0.4) is 0 Å². The lowest BCUT2D eigenvalue weighted by atomic mass is 10.1. The Morgan fingerprint density at radius 2 is 1.76 bits per heavy atom. The number of methoxy groups -OCH3 is 1. The van der Waals surface area contributed by atoms with Crippen LogP contribution in [0.4, 0.5) is 10.5 Å². The van der Waals surface area contributed by atoms with Crippen molar-refractivity contribution in [1.82, 2.24) is 0 Å². The lowest BCUT2D eigenvalue weighted by Crippen LogP contribution is -2.11. The highest BCUT2D eigenvalue weighted by Gasteiger charge is 2.17. The molecule has 7 heteroatoms. The van der Waals surface area contributed by atoms with Crippen molar-refractivity contribution in [1.29, 1.82) is 0 Å². The highest BCUT2D eigenvalue weighted by Crippen LogP contribution is 2.27. The molecule has 0 aromatic heterocycles. The molecule has 0 heterocycles. The Hall–Kier alpha value is -1.27. The molecular formula is C10H12ClNO4S. The van der Waals surface area contributed by atoms with Gasteiger partial charge in [-0.05, 0) is 37.1 Å². The minimum Gasteiger partial charge on any atom is -0.453 e. The lowest BCUT2D eigenvalue weighted by molar-refractivity contribution is 0.187. The van der Waals surface area contributed by atoms with E-state index in [0.717, 1.165) is 0 Å². The van der Waals surface area contributed by atoms with E-state index in [0.29, 0.717) is 16.8 Å². The minimum absolute atomic E-state index is 0.0644. The highest BCUT2D eigenvalue weighted by molar-refractivity contribution is 8.13. The fourth-order valence-corrected chi connectivity index (χ4v) is 3.19. The standard InChI is InChI=1S/C10H12ClNO4S/c1-6-4-8(12-10(13)16-3)5-7(2)9(6)17(11,14)15/h4-5H,1-3H3,(H,12,13). The van der Waals surface area contributed by atoms with Gasteiger partial charge in [-0.3, -0.25) is 5.32 Å². The zero-order chi connectivity index (χ0) is 13.2. The van der Waals surface area contributed by atoms with E-state index in [9.17, 15) is 13.2 Å². The van der Waals surface area contributed by atoms with E-state index in [1.54, 1.807) is 13.8 Å². The number of benzene rings is 1. The van der Waals surface area contributed by atoms with E-state index >= 15 is 0 Å². The fourth-order valence-electron chi connectivity index (χ4n) is 1.58. The summed E-state index contributed by atoms with van der Waals surface area (Å²) < 4.78 is 27.1. The molecule has 1 N–H and O–H groups in total. The maximum atomic E-state index is 11.3. The van der Waals surface area contributed by atoms with Gasteiger partial charge in [0.25, 0.3) is 9.05 Å². The predicted molar refractivity (Wildman–Crippen MR) is 65.0 cm³/mol. The molecule has 0 atom stereocenters. The number of ether oxygens (including phenoxy) is 1. The van der Waals surface area contributed by atoms with E-state index in [4.69, 9.17) is 10.7 Å². The summed E-state index contributed by atoms with van der Waals surface area (Å²) in [5, 5.41) is 2.45. The Morgan fingerprint density at radius 3 is 2.12 bits per heavy atom. The molecule has 1 aromatic carbocycles. The van der Waals surface area contributed by atoms with E-state index in [-0.39, 0.29) is 4.90 Å². The van der Waals surface area contributed by atoms with Crippen LogP contribution in [0.25, 0.3) is 0 Å². The van der Waals surface area contributed by atoms with Crippen molar-refractivity contribution in [2.24, 2.45) is 0 Å². The quantitative estimate of drug-likeness (QED) is 0.843. The van der Waals surface area contributed by atoms with E-state index in [1.165, 1.54) is 19.2 Å². The van der Waals surface area contributed by atoms with Gasteiger partial charge in [0.1, 0.15) is 0 Å². The molecule has 0 saturated heterocycles. The third-order valence-electron chi connectivity index (χ3n) is 2.14. The maximum absolute atomic E-state index is 11.3. The molecule has 5 nitrogen and oxygen atoms in total. The number of amides is 1. The summed E-state index contributed by atoms with van der Waals surface area (Å²) in [6.45, 7) is 3.20. The Balaban J connectivity index is 3.24. The molecule has 1 amide bonds. The number of halogens is 1. The first-order chi connectivity index (χ1) is 7.75. The lowest BCUT2D eigenvalue weighted by Gasteiger charge is -2.10. The van der Waals surface area contributed by atoms with Crippen LogP contribution in [0.2, 0.25) is 0 Å². The average molecular weight is 278 g/mol. The highest BCUT2D eigenvalue weighted by atomic mass is 35.7. The molecule has 17 heavy (non-hydrogen) atoms. The minimum atomic E-state index is -3.79. The topological polar surface area (TPSA) is 72.5 Å². The molecule has 94 valence electrons. The van der Waals surface area contributed by atoms with E-state index < -0.39 is 15.1 Å². The summed E-state index contributed by atoms with van der Waals surface area (Å²) >= 11 is 0. The first-order valence-corrected chi connectivity index (χ1v) is 6.97. The molecule has 1 aromatic rings. The van der Waals surface area contributed by atoms with Gasteiger partial charge in [-0.25, -0.2) is 13.2 Å². The molecule has 0 aliphatic rings. The zero-order valence-corrected chi connectivity index (χ0v) is 11.1. The number of aryl methyl sites for hydroxylation is 2. The molecule has 0 spiro atoms. The van der Waals surface area contributed by atoms with Gasteiger partial charge in [0.05, 0.1) is 12.0 Å². The van der Waals surface area contributed by atoms with Gasteiger partial charge in [0.15, 0.2) is 0 Å². The van der Waals surface area contributed by atoms with Crippen LogP contribution < -0.4 is 5.32 Å². The molecule has 0 saturated carbocycles. The molecule has 0 aliphatic carbocycles. The Labute approximate surface area is 104 Å². The largest absolute Gasteiger partial charge is 0.453 e. The van der Waals surface area contributed by atoms with Gasteiger partial charge < -0.3 is 4.74 Å². The van der Waals surface area contributed by atoms with Crippen molar-refractivity contribution >= 4 is 31.5 Å². The average Bonchev–Trinajstić information content (AvgIpc) is 2.13. The normalized spacial score (nSPS) is 11.1. The summed E-state index contributed by atoms with van der Waals surface area (Å²) in [4.78, 5) is 11.1. The summed E-state index contributed by atoms with van der Waals surface area (Å²) in [7, 11) is 2.77. The first-order valence-electron chi connectivity index (χ1n) is 4.66. The Kier molecular flexibility index (Phi) is 4.00. The van der Waals surface area contributed by atoms with Crippen molar-refractivity contribution < 1.29 is 17.9 Å². The second kappa shape index (κ2) is 4.93. The number of hydrogen-bond acceptors (Lipinski definition) is 4. The van der Waals surface area contributed by atoms with Gasteiger partial charge in [-0.1, -0.05) is 0 Å². The number of hydrogen-bond donors (Lipinski definition) is 1. The van der Waals surface area contributed by atoms with Crippen LogP contribution in [0.1, 0.15) is 11.1 Å². The van der Waals surface area contributed by atoms with Crippen molar-refractivity contribution in [2.75, 3.05) is 12.4 Å². The van der Waals surface area contributed by atoms with Gasteiger partial charge in [0.2, 0.25) is 0 Å². The van der Waals surface area contributed by atoms with E-state index in [2.05, 4.69) is 10.1 Å². The molecular weight excluding hydrogens is 266 g/mol. The zero-order valence-electron chi connectivity index (χ0n) is 9.57. The maximum Gasteiger partial charge on any atom is 0.411 e. The summed E-state index contributed by atoms with van der Waals surface area (Å²) in [6.07, 6.45) is -0.620. The molecule has 0 fully saturated rings. The predicted octanol–water partition coefficient (Wildman–Crippen LogP) is 2.41. The van der Waals surface area contributed by atoms with Gasteiger partial charge in [-0.15, -0.1) is 0 Å². The fraction of sp³-hybridized carbons (Fsp3) is 0.300. The first kappa shape index (κ1) is 13.8. The third kappa shape index (κ3) is 3.34. The molecule has 0 aliphatic heterocycles. The smallest absolute Gasteiger partial charge is 0.411 e. The van der Waals surface area contributed by atoms with Crippen LogP contribution in [0.15, 0.2) is 17.0 Å². The second-order valence-corrected chi connectivity index (χ2v) is 6.00. The van der Waals surface area contributed by atoms with Gasteiger partial charge >= 0.3 is 6.09 Å². The Bertz CT molecular complexity index is 530. The molecule has 1 rings (SSSR count). The van der Waals surface area contributed by atoms with Crippen LogP contribution in [-0.2, 0) is 13.8 Å². The molecule has 0 bridgehead atoms. The van der Waals surface area contributed by atoms with Crippen molar-refractivity contribution in [3.05, 3.63) is 23.3 Å². The number of carbonyl (C=O) groups is 1. The molecule has 0 unspecified atom stereocenters. The van der Waals surface area contributed by atoms with Crippen molar-refractivity contribution in [2.45, 2.75) is 18.7 Å². The third-order valence-corrected chi connectivity index (χ3v) is 3.73. The number of rotatable bonds is 2. The van der Waals surface area contributed by atoms with Crippen LogP contribution in [0.5, 0.6) is 0 Å². The van der Waals surface area contributed by atoms with E-state index in [1.807, 2.05) is 0 Å². The SMILES string of the molecule is COC(=O)Nc1cc(C)c(S(=O)(=O)Cl)c(C)c1. The monoisotopic (exact) mass is 277 g/mol. The van der Waals surface area contributed by atoms with Crippen LogP contribution >= 0.6 is 10.7 Å². The molecule has 0 radical (unpaired) electrons. The number of anilines is 1. The number of carbonyl (C=O) groups excluding carboxylic acids is 1. The van der Waals surface area contributed by atoms with Gasteiger partial charge in [-0.2, -0.15) is 0 Å². The van der Waals surface area contributed by atoms with Crippen molar-refractivity contribution in [3.8, 4) is 0 Å². The second-order valence-electron chi connectivity index (χ2n) is 3.49. The Morgan fingerprint density at radius 1 is 1.29 bits per heavy atom. The number of nitrogens with one attached hydrogen (secondary N) is 1.